The molecule has 0 aromatic rings. The Morgan fingerprint density at radius 2 is 1.60 bits per heavy atom. The molecule has 6 heteroatoms. The highest BCUT2D eigenvalue weighted by atomic mass is 28.4. The van der Waals surface area contributed by atoms with E-state index in [2.05, 4.69) is 6.92 Å². The summed E-state index contributed by atoms with van der Waals surface area (Å²) in [5, 5.41) is 7.00. The van der Waals surface area contributed by atoms with Crippen molar-refractivity contribution in [3.05, 3.63) is 0 Å². The maximum atomic E-state index is 9.62. The van der Waals surface area contributed by atoms with E-state index in [1.54, 1.807) is 0 Å². The van der Waals surface area contributed by atoms with Gasteiger partial charge in [0, 0.05) is 40.6 Å². The fourth-order valence-electron chi connectivity index (χ4n) is 0.931. The van der Waals surface area contributed by atoms with Gasteiger partial charge in [0.2, 0.25) is 0 Å². The van der Waals surface area contributed by atoms with Crippen molar-refractivity contribution in [2.24, 2.45) is 0 Å². The molecule has 0 heterocycles. The number of hydrogen-bond acceptors (Lipinski definition) is 5. The Morgan fingerprint density at radius 1 is 1.07 bits per heavy atom. The quantitative estimate of drug-likeness (QED) is 0.481. The lowest BCUT2D eigenvalue weighted by atomic mass is 10.5. The van der Waals surface area contributed by atoms with Gasteiger partial charge in [-0.3, -0.25) is 0 Å². The van der Waals surface area contributed by atoms with Crippen LogP contribution in [0.15, 0.2) is 0 Å². The number of aliphatic hydroxyl groups excluding tert-OH is 1. The molecule has 0 aliphatic heterocycles. The van der Waals surface area contributed by atoms with Crippen LogP contribution in [0.25, 0.3) is 0 Å². The van der Waals surface area contributed by atoms with E-state index in [1.165, 1.54) is 14.2 Å². The van der Waals surface area contributed by atoms with Crippen LogP contribution >= 0.6 is 0 Å². The lowest BCUT2D eigenvalue weighted by molar-refractivity contribution is 0.120. The summed E-state index contributed by atoms with van der Waals surface area (Å²) in [4.78, 5) is 9.62. The molecule has 15 heavy (non-hydrogen) atoms. The molecule has 0 aliphatic carbocycles. The third-order valence-electron chi connectivity index (χ3n) is 1.77. The fourth-order valence-corrected chi connectivity index (χ4v) is 2.10. The molecule has 0 unspecified atom stereocenters. The average molecular weight is 240 g/mol. The largest absolute Gasteiger partial charge is 0.497 e. The molecular weight excluding hydrogens is 216 g/mol. The maximum Gasteiger partial charge on any atom is 0.497 e. The summed E-state index contributed by atoms with van der Waals surface area (Å²) < 4.78 is 15.1. The molecule has 0 aromatic heterocycles. The van der Waals surface area contributed by atoms with Crippen molar-refractivity contribution < 1.29 is 23.5 Å². The Morgan fingerprint density at radius 3 is 2.00 bits per heavy atom. The Bertz CT molecular complexity index is 119. The van der Waals surface area contributed by atoms with Crippen LogP contribution in [0.4, 0.5) is 0 Å². The first-order valence-corrected chi connectivity index (χ1v) is 7.00. The molecule has 0 fully saturated rings. The molecule has 0 atom stereocenters. The Kier molecular flexibility index (Phi) is 14.0. The van der Waals surface area contributed by atoms with Crippen molar-refractivity contribution in [2.75, 3.05) is 34.5 Å². The Balaban J connectivity index is 0. The first kappa shape index (κ1) is 17.4. The zero-order valence-corrected chi connectivity index (χ0v) is 11.2. The number of ether oxygens (including phenoxy) is 1. The zero-order chi connectivity index (χ0) is 12.2. The van der Waals surface area contributed by atoms with Crippen LogP contribution in [0.5, 0.6) is 0 Å². The average Bonchev–Trinajstić information content (AvgIpc) is 2.31. The first-order chi connectivity index (χ1) is 7.18. The molecule has 0 rings (SSSR count). The van der Waals surface area contributed by atoms with Gasteiger partial charge in [-0.2, -0.15) is 0 Å². The Labute approximate surface area is 93.3 Å². The molecule has 0 bridgehead atoms. The minimum absolute atomic E-state index is 0.559. The highest BCUT2D eigenvalue weighted by Gasteiger charge is 2.33. The number of aliphatic hydroxyl groups is 1. The summed E-state index contributed by atoms with van der Waals surface area (Å²) in [5.41, 5.74) is 0. The predicted octanol–water partition coefficient (Wildman–Crippen LogP) is 0.636. The van der Waals surface area contributed by atoms with E-state index in [9.17, 15) is 4.80 Å². The van der Waals surface area contributed by atoms with Crippen LogP contribution in [0.1, 0.15) is 19.8 Å². The summed E-state index contributed by atoms with van der Waals surface area (Å²) in [5.74, 6) is 0. The summed E-state index contributed by atoms with van der Waals surface area (Å²) in [6.45, 7) is 3.51. The van der Waals surface area contributed by atoms with Gasteiger partial charge in [0.05, 0.1) is 0 Å². The number of hydrogen-bond donors (Lipinski definition) is 2. The van der Waals surface area contributed by atoms with E-state index < -0.39 is 8.80 Å². The molecule has 0 aliphatic rings. The SMILES string of the molecule is CCCOCCC[Si](O)(OC)OC.CO. The Hall–Kier alpha value is 0.0169. The van der Waals surface area contributed by atoms with Crippen LogP contribution in [-0.4, -0.2) is 53.2 Å². The van der Waals surface area contributed by atoms with E-state index in [4.69, 9.17) is 18.7 Å². The van der Waals surface area contributed by atoms with Gasteiger partial charge in [0.25, 0.3) is 0 Å². The van der Waals surface area contributed by atoms with Gasteiger partial charge in [-0.15, -0.1) is 0 Å². The van der Waals surface area contributed by atoms with E-state index in [-0.39, 0.29) is 0 Å². The predicted molar refractivity (Wildman–Crippen MR) is 60.7 cm³/mol. The van der Waals surface area contributed by atoms with Crippen molar-refractivity contribution in [2.45, 2.75) is 25.8 Å². The smallest absolute Gasteiger partial charge is 0.400 e. The van der Waals surface area contributed by atoms with Gasteiger partial charge in [0.1, 0.15) is 0 Å². The van der Waals surface area contributed by atoms with E-state index in [0.717, 1.165) is 26.6 Å². The zero-order valence-electron chi connectivity index (χ0n) is 10.2. The van der Waals surface area contributed by atoms with Gasteiger partial charge in [0.15, 0.2) is 0 Å². The van der Waals surface area contributed by atoms with Crippen molar-refractivity contribution in [1.29, 1.82) is 0 Å². The van der Waals surface area contributed by atoms with E-state index in [1.807, 2.05) is 0 Å². The monoisotopic (exact) mass is 240 g/mol. The molecular formula is C9H24O5Si. The van der Waals surface area contributed by atoms with E-state index in [0.29, 0.717) is 12.7 Å². The molecule has 0 saturated heterocycles. The van der Waals surface area contributed by atoms with E-state index >= 15 is 0 Å². The normalized spacial score (nSPS) is 10.8. The maximum absolute atomic E-state index is 9.62. The topological polar surface area (TPSA) is 68.2 Å². The fraction of sp³-hybridized carbons (Fsp3) is 1.00. The standard InChI is InChI=1S/C8H20O4Si.CH4O/c1-4-6-12-7-5-8-13(9,10-2)11-3;1-2/h9H,4-8H2,1-3H3;2H,1H3. The molecule has 0 amide bonds. The highest BCUT2D eigenvalue weighted by Crippen LogP contribution is 2.10. The van der Waals surface area contributed by atoms with Gasteiger partial charge in [-0.05, 0) is 12.8 Å². The minimum Gasteiger partial charge on any atom is -0.400 e. The first-order valence-electron chi connectivity index (χ1n) is 5.03. The third-order valence-corrected chi connectivity index (χ3v) is 4.03. The minimum atomic E-state index is -2.84. The summed E-state index contributed by atoms with van der Waals surface area (Å²) in [6.07, 6.45) is 1.81. The lowest BCUT2D eigenvalue weighted by Crippen LogP contribution is -2.40. The molecule has 0 spiro atoms. The van der Waals surface area contributed by atoms with Gasteiger partial charge in [-0.25, -0.2) is 0 Å². The molecule has 0 aromatic carbocycles. The summed E-state index contributed by atoms with van der Waals surface area (Å²) in [7, 11) is 1.11. The summed E-state index contributed by atoms with van der Waals surface area (Å²) in [6, 6.07) is 0.559. The van der Waals surface area contributed by atoms with Crippen molar-refractivity contribution in [1.82, 2.24) is 0 Å². The van der Waals surface area contributed by atoms with Gasteiger partial charge in [-0.1, -0.05) is 6.92 Å². The second-order valence-corrected chi connectivity index (χ2v) is 5.58. The lowest BCUT2D eigenvalue weighted by Gasteiger charge is -2.19. The molecule has 0 radical (unpaired) electrons. The van der Waals surface area contributed by atoms with Crippen LogP contribution in [0.3, 0.4) is 0 Å². The number of rotatable bonds is 8. The van der Waals surface area contributed by atoms with Crippen LogP contribution in [0.2, 0.25) is 6.04 Å². The van der Waals surface area contributed by atoms with Crippen LogP contribution in [-0.2, 0) is 13.6 Å². The molecule has 0 saturated carbocycles. The molecule has 2 N–H and O–H groups in total. The van der Waals surface area contributed by atoms with Crippen LogP contribution < -0.4 is 0 Å². The van der Waals surface area contributed by atoms with Gasteiger partial charge >= 0.3 is 8.80 Å². The van der Waals surface area contributed by atoms with Crippen molar-refractivity contribution >= 4 is 8.80 Å². The summed E-state index contributed by atoms with van der Waals surface area (Å²) >= 11 is 0. The van der Waals surface area contributed by atoms with Crippen LogP contribution in [0, 0.1) is 0 Å². The van der Waals surface area contributed by atoms with Crippen molar-refractivity contribution in [3.8, 4) is 0 Å². The second kappa shape index (κ2) is 12.1. The highest BCUT2D eigenvalue weighted by molar-refractivity contribution is 6.59. The second-order valence-electron chi connectivity index (χ2n) is 2.84. The van der Waals surface area contributed by atoms with Crippen molar-refractivity contribution in [3.63, 3.8) is 0 Å². The van der Waals surface area contributed by atoms with Gasteiger partial charge < -0.3 is 23.5 Å². The third kappa shape index (κ3) is 10.3. The molecule has 5 nitrogen and oxygen atoms in total. The molecule has 94 valence electrons.